The molecule has 0 spiro atoms. The third-order valence-electron chi connectivity index (χ3n) is 1.76. The van der Waals surface area contributed by atoms with E-state index in [-0.39, 0.29) is 26.0 Å². The normalized spacial score (nSPS) is 13.7. The Labute approximate surface area is 106 Å². The molecule has 1 unspecified atom stereocenters. The molecular weight excluding hydrogens is 263 g/mol. The largest absolute Gasteiger partial charge is 0.506 e. The molecule has 0 amide bonds. The summed E-state index contributed by atoms with van der Waals surface area (Å²) in [4.78, 5) is 10.5. The van der Waals surface area contributed by atoms with Gasteiger partial charge < -0.3 is 24.0 Å². The first-order valence-corrected chi connectivity index (χ1v) is 7.25. The third-order valence-corrected chi connectivity index (χ3v) is 3.87. The van der Waals surface area contributed by atoms with E-state index in [2.05, 4.69) is 4.74 Å². The van der Waals surface area contributed by atoms with E-state index < -0.39 is 19.9 Å². The zero-order valence-corrected chi connectivity index (χ0v) is 11.3. The first kappa shape index (κ1) is 17.1. The van der Waals surface area contributed by atoms with Crippen molar-refractivity contribution in [3.05, 3.63) is 12.2 Å². The van der Waals surface area contributed by atoms with Gasteiger partial charge in [0.2, 0.25) is 0 Å². The van der Waals surface area contributed by atoms with Crippen molar-refractivity contribution < 1.29 is 33.4 Å². The Morgan fingerprint density at radius 2 is 1.89 bits per heavy atom. The lowest BCUT2D eigenvalue weighted by atomic mass is 10.3. The Balaban J connectivity index is 4.73. The quantitative estimate of drug-likeness (QED) is 0.378. The average molecular weight is 282 g/mol. The zero-order valence-electron chi connectivity index (χ0n) is 10.4. The lowest BCUT2D eigenvalue weighted by Crippen LogP contribution is -2.20. The van der Waals surface area contributed by atoms with Gasteiger partial charge in [0, 0.05) is 0 Å². The molecule has 0 aromatic carbocycles. The Morgan fingerprint density at radius 1 is 1.33 bits per heavy atom. The van der Waals surface area contributed by atoms with Crippen molar-refractivity contribution in [1.82, 2.24) is 0 Å². The summed E-state index contributed by atoms with van der Waals surface area (Å²) in [5.41, 5.74) is 0. The van der Waals surface area contributed by atoms with Gasteiger partial charge >= 0.3 is 13.8 Å². The van der Waals surface area contributed by atoms with Crippen LogP contribution in [0, 0.1) is 0 Å². The van der Waals surface area contributed by atoms with Gasteiger partial charge in [0.15, 0.2) is 0 Å². The fraction of sp³-hybridized carbons (Fsp3) is 0.700. The molecule has 18 heavy (non-hydrogen) atoms. The number of aliphatic hydroxyl groups is 1. The topological polar surface area (TPSA) is 102 Å². The van der Waals surface area contributed by atoms with Crippen molar-refractivity contribution in [2.24, 2.45) is 0 Å². The van der Waals surface area contributed by atoms with Crippen molar-refractivity contribution in [2.45, 2.75) is 20.0 Å². The summed E-state index contributed by atoms with van der Waals surface area (Å²) in [5, 5.41) is 17.2. The van der Waals surface area contributed by atoms with Gasteiger partial charge in [-0.05, 0) is 19.9 Å². The molecule has 0 aromatic heterocycles. The predicted molar refractivity (Wildman–Crippen MR) is 64.8 cm³/mol. The molecule has 0 rings (SSSR count). The van der Waals surface area contributed by atoms with Gasteiger partial charge in [0.05, 0.1) is 26.0 Å². The molecule has 0 heterocycles. The Hall–Kier alpha value is -0.880. The predicted octanol–water partition coefficient (Wildman–Crippen LogP) is 1.86. The van der Waals surface area contributed by atoms with E-state index in [0.717, 1.165) is 0 Å². The second-order valence-corrected chi connectivity index (χ2v) is 5.27. The van der Waals surface area contributed by atoms with Crippen LogP contribution in [0.2, 0.25) is 0 Å². The number of hydrogen-bond acceptors (Lipinski definition) is 6. The molecule has 0 aliphatic heterocycles. The van der Waals surface area contributed by atoms with Crippen LogP contribution in [0.15, 0.2) is 12.2 Å². The number of carboxylic acid groups (broad SMARTS) is 1. The minimum absolute atomic E-state index is 0.181. The SMILES string of the molecule is CCOP(=O)(CC(/C=C/CO)OC(=O)O)OCC. The highest BCUT2D eigenvalue weighted by atomic mass is 31.2. The number of carbonyl (C=O) groups is 1. The standard InChI is InChI=1S/C10H19O7P/c1-3-15-18(14,16-4-2)8-9(6-5-7-11)17-10(12)13/h5-6,9,11H,3-4,7-8H2,1-2H3,(H,12,13)/b6-5+. The third kappa shape index (κ3) is 7.45. The molecule has 0 fully saturated rings. The number of ether oxygens (including phenoxy) is 1. The molecule has 0 saturated heterocycles. The minimum Gasteiger partial charge on any atom is -0.450 e. The molecule has 8 heteroatoms. The molecule has 106 valence electrons. The molecule has 0 aliphatic carbocycles. The Morgan fingerprint density at radius 3 is 2.28 bits per heavy atom. The number of aliphatic hydroxyl groups excluding tert-OH is 1. The van der Waals surface area contributed by atoms with Crippen LogP contribution in [-0.4, -0.2) is 48.5 Å². The van der Waals surface area contributed by atoms with Crippen molar-refractivity contribution in [1.29, 1.82) is 0 Å². The molecular formula is C10H19O7P. The van der Waals surface area contributed by atoms with E-state index in [9.17, 15) is 9.36 Å². The molecule has 0 aliphatic rings. The van der Waals surface area contributed by atoms with Crippen LogP contribution in [0.4, 0.5) is 4.79 Å². The monoisotopic (exact) mass is 282 g/mol. The molecule has 0 saturated carbocycles. The maximum absolute atomic E-state index is 12.2. The highest BCUT2D eigenvalue weighted by Crippen LogP contribution is 2.48. The highest BCUT2D eigenvalue weighted by molar-refractivity contribution is 7.53. The first-order valence-electron chi connectivity index (χ1n) is 5.52. The van der Waals surface area contributed by atoms with Gasteiger partial charge in [-0.2, -0.15) is 0 Å². The molecule has 0 aromatic rings. The molecule has 7 nitrogen and oxygen atoms in total. The summed E-state index contributed by atoms with van der Waals surface area (Å²) in [6.07, 6.45) is -0.104. The van der Waals surface area contributed by atoms with E-state index in [0.29, 0.717) is 0 Å². The summed E-state index contributed by atoms with van der Waals surface area (Å²) >= 11 is 0. The van der Waals surface area contributed by atoms with Crippen LogP contribution in [0.1, 0.15) is 13.8 Å². The van der Waals surface area contributed by atoms with Crippen LogP contribution >= 0.6 is 7.60 Å². The van der Waals surface area contributed by atoms with Crippen molar-refractivity contribution >= 4 is 13.8 Å². The van der Waals surface area contributed by atoms with Gasteiger partial charge in [0.25, 0.3) is 0 Å². The molecule has 0 radical (unpaired) electrons. The van der Waals surface area contributed by atoms with E-state index in [1.807, 2.05) is 0 Å². The summed E-state index contributed by atoms with van der Waals surface area (Å²) in [6, 6.07) is 0. The van der Waals surface area contributed by atoms with E-state index in [1.165, 1.54) is 12.2 Å². The number of rotatable bonds is 9. The van der Waals surface area contributed by atoms with Crippen LogP contribution in [-0.2, 0) is 18.3 Å². The second-order valence-electron chi connectivity index (χ2n) is 3.16. The Bertz CT molecular complexity index is 305. The molecule has 1 atom stereocenters. The summed E-state index contributed by atoms with van der Waals surface area (Å²) in [7, 11) is -3.39. The number of hydrogen-bond donors (Lipinski definition) is 2. The van der Waals surface area contributed by atoms with Crippen LogP contribution in [0.5, 0.6) is 0 Å². The van der Waals surface area contributed by atoms with Crippen molar-refractivity contribution in [3.63, 3.8) is 0 Å². The van der Waals surface area contributed by atoms with E-state index in [4.69, 9.17) is 19.3 Å². The summed E-state index contributed by atoms with van der Waals surface area (Å²) in [5.74, 6) is 0. The maximum atomic E-state index is 12.2. The Kier molecular flexibility index (Phi) is 8.66. The minimum atomic E-state index is -3.39. The smallest absolute Gasteiger partial charge is 0.450 e. The van der Waals surface area contributed by atoms with Crippen molar-refractivity contribution in [3.8, 4) is 0 Å². The van der Waals surface area contributed by atoms with Crippen LogP contribution in [0.25, 0.3) is 0 Å². The van der Waals surface area contributed by atoms with Gasteiger partial charge in [-0.3, -0.25) is 4.57 Å². The second kappa shape index (κ2) is 9.10. The van der Waals surface area contributed by atoms with Crippen LogP contribution < -0.4 is 0 Å². The highest BCUT2D eigenvalue weighted by Gasteiger charge is 2.29. The van der Waals surface area contributed by atoms with E-state index >= 15 is 0 Å². The van der Waals surface area contributed by atoms with Gasteiger partial charge in [-0.15, -0.1) is 0 Å². The zero-order chi connectivity index (χ0) is 14.0. The van der Waals surface area contributed by atoms with Gasteiger partial charge in [-0.1, -0.05) is 6.08 Å². The fourth-order valence-corrected chi connectivity index (χ4v) is 2.95. The first-order chi connectivity index (χ1) is 8.47. The van der Waals surface area contributed by atoms with Crippen LogP contribution in [0.3, 0.4) is 0 Å². The molecule has 0 bridgehead atoms. The van der Waals surface area contributed by atoms with E-state index in [1.54, 1.807) is 13.8 Å². The lowest BCUT2D eigenvalue weighted by Gasteiger charge is -2.20. The lowest BCUT2D eigenvalue weighted by molar-refractivity contribution is 0.0732. The fourth-order valence-electron chi connectivity index (χ4n) is 1.24. The average Bonchev–Trinajstić information content (AvgIpc) is 2.25. The summed E-state index contributed by atoms with van der Waals surface area (Å²) < 4.78 is 26.7. The van der Waals surface area contributed by atoms with Crippen molar-refractivity contribution in [2.75, 3.05) is 26.0 Å². The van der Waals surface area contributed by atoms with Gasteiger partial charge in [0.1, 0.15) is 6.10 Å². The van der Waals surface area contributed by atoms with Gasteiger partial charge in [-0.25, -0.2) is 4.79 Å². The summed E-state index contributed by atoms with van der Waals surface area (Å²) in [6.45, 7) is 3.40. The maximum Gasteiger partial charge on any atom is 0.506 e. The molecule has 2 N–H and O–H groups in total.